The van der Waals surface area contributed by atoms with E-state index in [0.717, 1.165) is 22.1 Å². The number of thiophene rings is 1. The highest BCUT2D eigenvalue weighted by Gasteiger charge is 2.19. The third-order valence-corrected chi connectivity index (χ3v) is 6.57. The summed E-state index contributed by atoms with van der Waals surface area (Å²) in [6.07, 6.45) is 0.972. The van der Waals surface area contributed by atoms with Crippen LogP contribution in [0.25, 0.3) is 10.1 Å². The van der Waals surface area contributed by atoms with Crippen LogP contribution >= 0.6 is 46.8 Å². The number of hydrogen-bond acceptors (Lipinski definition) is 4. The van der Waals surface area contributed by atoms with Crippen LogP contribution in [-0.2, 0) is 0 Å². The fourth-order valence-electron chi connectivity index (χ4n) is 2.69. The van der Waals surface area contributed by atoms with Gasteiger partial charge in [0.25, 0.3) is 5.91 Å². The summed E-state index contributed by atoms with van der Waals surface area (Å²) in [6, 6.07) is 10.6. The summed E-state index contributed by atoms with van der Waals surface area (Å²) in [5.41, 5.74) is 1.51. The van der Waals surface area contributed by atoms with Crippen molar-refractivity contribution in [2.24, 2.45) is 0 Å². The number of carbonyl (C=O) groups is 1. The van der Waals surface area contributed by atoms with Crippen molar-refractivity contribution in [1.29, 1.82) is 0 Å². The molecular formula is C20H18Cl2N2O2S2. The normalized spacial score (nSPS) is 12.0. The fourth-order valence-corrected chi connectivity index (χ4v) is 4.59. The number of phenolic OH excluding ortho intramolecular Hbond substituents is 1. The average Bonchev–Trinajstić information content (AvgIpc) is 2.98. The zero-order valence-electron chi connectivity index (χ0n) is 15.2. The van der Waals surface area contributed by atoms with E-state index in [1.54, 1.807) is 24.3 Å². The molecule has 1 amide bonds. The highest BCUT2D eigenvalue weighted by atomic mass is 35.5. The summed E-state index contributed by atoms with van der Waals surface area (Å²) in [5.74, 6) is -0.0240. The summed E-state index contributed by atoms with van der Waals surface area (Å²) in [5, 5.41) is 17.4. The van der Waals surface area contributed by atoms with Crippen LogP contribution in [0.5, 0.6) is 5.75 Å². The van der Waals surface area contributed by atoms with Gasteiger partial charge < -0.3 is 10.4 Å². The molecule has 0 aliphatic carbocycles. The topological polar surface area (TPSA) is 61.4 Å². The quantitative estimate of drug-likeness (QED) is 0.310. The number of hydrogen-bond donors (Lipinski definition) is 3. The number of benzene rings is 2. The molecule has 0 saturated carbocycles. The summed E-state index contributed by atoms with van der Waals surface area (Å²) in [4.78, 5) is 13.0. The molecule has 1 aromatic heterocycles. The van der Waals surface area contributed by atoms with Crippen molar-refractivity contribution in [3.8, 4) is 5.75 Å². The predicted molar refractivity (Wildman–Crippen MR) is 122 cm³/mol. The molecule has 0 radical (unpaired) electrons. The van der Waals surface area contributed by atoms with Crippen molar-refractivity contribution in [1.82, 2.24) is 5.32 Å². The SMILES string of the molecule is CCC(C)c1ccc(O)c(NC(=S)NC(=O)c2sc3cc(Cl)ccc3c2Cl)c1. The number of halogens is 2. The van der Waals surface area contributed by atoms with Gasteiger partial charge >= 0.3 is 0 Å². The van der Waals surface area contributed by atoms with Crippen LogP contribution in [0.4, 0.5) is 5.69 Å². The lowest BCUT2D eigenvalue weighted by molar-refractivity contribution is 0.0982. The van der Waals surface area contributed by atoms with Crippen molar-refractivity contribution in [2.45, 2.75) is 26.2 Å². The van der Waals surface area contributed by atoms with E-state index >= 15 is 0 Å². The Hall–Kier alpha value is -1.86. The van der Waals surface area contributed by atoms with E-state index < -0.39 is 5.91 Å². The van der Waals surface area contributed by atoms with Gasteiger partial charge in [0.05, 0.1) is 10.7 Å². The Morgan fingerprint density at radius 2 is 2.00 bits per heavy atom. The zero-order valence-corrected chi connectivity index (χ0v) is 18.3. The molecule has 0 saturated heterocycles. The number of nitrogens with one attached hydrogen (secondary N) is 2. The smallest absolute Gasteiger partial charge is 0.269 e. The van der Waals surface area contributed by atoms with Crippen LogP contribution in [0.3, 0.4) is 0 Å². The van der Waals surface area contributed by atoms with Gasteiger partial charge in [-0.3, -0.25) is 10.1 Å². The second-order valence-electron chi connectivity index (χ2n) is 6.38. The standard InChI is InChI=1S/C20H18Cl2N2O2S2/c1-3-10(2)11-4-7-15(25)14(8-11)23-20(27)24-19(26)18-17(22)13-6-5-12(21)9-16(13)28-18/h4-10,25H,3H2,1-2H3,(H2,23,24,26,27). The number of anilines is 1. The van der Waals surface area contributed by atoms with E-state index in [1.807, 2.05) is 12.1 Å². The molecule has 0 spiro atoms. The van der Waals surface area contributed by atoms with Gasteiger partial charge in [0.15, 0.2) is 5.11 Å². The predicted octanol–water partition coefficient (Wildman–Crippen LogP) is 6.55. The van der Waals surface area contributed by atoms with Gasteiger partial charge in [0, 0.05) is 15.1 Å². The molecule has 2 aromatic carbocycles. The first-order valence-electron chi connectivity index (χ1n) is 8.63. The van der Waals surface area contributed by atoms with Crippen molar-refractivity contribution in [3.05, 3.63) is 56.9 Å². The maximum absolute atomic E-state index is 12.6. The lowest BCUT2D eigenvalue weighted by Gasteiger charge is -2.14. The Labute approximate surface area is 182 Å². The van der Waals surface area contributed by atoms with E-state index in [-0.39, 0.29) is 10.9 Å². The molecule has 3 N–H and O–H groups in total. The number of carbonyl (C=O) groups excluding carboxylic acids is 1. The van der Waals surface area contributed by atoms with Gasteiger partial charge in [0.1, 0.15) is 10.6 Å². The molecule has 146 valence electrons. The molecule has 3 aromatic rings. The second kappa shape index (κ2) is 8.66. The lowest BCUT2D eigenvalue weighted by Crippen LogP contribution is -2.33. The fraction of sp³-hybridized carbons (Fsp3) is 0.200. The molecule has 0 aliphatic heterocycles. The Kier molecular flexibility index (Phi) is 6.45. The minimum absolute atomic E-state index is 0.0539. The molecule has 0 aliphatic rings. The van der Waals surface area contributed by atoms with Crippen molar-refractivity contribution < 1.29 is 9.90 Å². The zero-order chi connectivity index (χ0) is 20.4. The van der Waals surface area contributed by atoms with Gasteiger partial charge in [0.2, 0.25) is 0 Å². The first-order chi connectivity index (χ1) is 13.3. The highest BCUT2D eigenvalue weighted by molar-refractivity contribution is 7.80. The number of aromatic hydroxyl groups is 1. The Morgan fingerprint density at radius 3 is 2.71 bits per heavy atom. The van der Waals surface area contributed by atoms with Crippen LogP contribution in [0.15, 0.2) is 36.4 Å². The molecule has 4 nitrogen and oxygen atoms in total. The molecule has 1 atom stereocenters. The van der Waals surface area contributed by atoms with Crippen molar-refractivity contribution >= 4 is 73.5 Å². The average molecular weight is 453 g/mol. The highest BCUT2D eigenvalue weighted by Crippen LogP contribution is 2.36. The van der Waals surface area contributed by atoms with Crippen LogP contribution < -0.4 is 10.6 Å². The molecule has 28 heavy (non-hydrogen) atoms. The number of amides is 1. The van der Waals surface area contributed by atoms with Gasteiger partial charge in [-0.05, 0) is 54.4 Å². The van der Waals surface area contributed by atoms with E-state index in [1.165, 1.54) is 11.3 Å². The van der Waals surface area contributed by atoms with Gasteiger partial charge in [-0.2, -0.15) is 0 Å². The third kappa shape index (κ3) is 4.41. The van der Waals surface area contributed by atoms with Crippen molar-refractivity contribution in [2.75, 3.05) is 5.32 Å². The van der Waals surface area contributed by atoms with Gasteiger partial charge in [-0.1, -0.05) is 49.2 Å². The maximum atomic E-state index is 12.6. The van der Waals surface area contributed by atoms with E-state index in [9.17, 15) is 9.90 Å². The van der Waals surface area contributed by atoms with E-state index in [2.05, 4.69) is 24.5 Å². The minimum Gasteiger partial charge on any atom is -0.506 e. The number of rotatable bonds is 4. The third-order valence-electron chi connectivity index (χ3n) is 4.48. The van der Waals surface area contributed by atoms with E-state index in [0.29, 0.717) is 26.5 Å². The number of thiocarbonyl (C=S) groups is 1. The summed E-state index contributed by atoms with van der Waals surface area (Å²) in [7, 11) is 0. The van der Waals surface area contributed by atoms with Gasteiger partial charge in [-0.25, -0.2) is 0 Å². The largest absolute Gasteiger partial charge is 0.506 e. The summed E-state index contributed by atoms with van der Waals surface area (Å²) >= 11 is 18.8. The van der Waals surface area contributed by atoms with Crippen molar-refractivity contribution in [3.63, 3.8) is 0 Å². The Balaban J connectivity index is 1.77. The lowest BCUT2D eigenvalue weighted by atomic mass is 9.98. The van der Waals surface area contributed by atoms with E-state index in [4.69, 9.17) is 35.4 Å². The number of fused-ring (bicyclic) bond motifs is 1. The first-order valence-corrected chi connectivity index (χ1v) is 10.6. The number of phenols is 1. The Bertz CT molecular complexity index is 1070. The molecule has 8 heteroatoms. The molecule has 1 heterocycles. The maximum Gasteiger partial charge on any atom is 0.269 e. The van der Waals surface area contributed by atoms with Crippen LogP contribution in [-0.4, -0.2) is 16.1 Å². The van der Waals surface area contributed by atoms with Crippen LogP contribution in [0.1, 0.15) is 41.4 Å². The monoisotopic (exact) mass is 452 g/mol. The molecule has 0 bridgehead atoms. The second-order valence-corrected chi connectivity index (χ2v) is 8.65. The molecular weight excluding hydrogens is 435 g/mol. The molecule has 1 unspecified atom stereocenters. The summed E-state index contributed by atoms with van der Waals surface area (Å²) in [6.45, 7) is 4.20. The minimum atomic E-state index is -0.419. The van der Waals surface area contributed by atoms with Crippen LogP contribution in [0, 0.1) is 0 Å². The first kappa shape index (κ1) is 20.9. The molecule has 0 fully saturated rings. The van der Waals surface area contributed by atoms with Gasteiger partial charge in [-0.15, -0.1) is 11.3 Å². The molecule has 3 rings (SSSR count). The van der Waals surface area contributed by atoms with Crippen LogP contribution in [0.2, 0.25) is 10.0 Å². The summed E-state index contributed by atoms with van der Waals surface area (Å²) < 4.78 is 0.820. The Morgan fingerprint density at radius 1 is 1.25 bits per heavy atom.